The zero-order valence-electron chi connectivity index (χ0n) is 13.5. The molecule has 0 saturated heterocycles. The second-order valence-corrected chi connectivity index (χ2v) is 7.95. The maximum absolute atomic E-state index is 12.3. The van der Waals surface area contributed by atoms with Crippen LogP contribution in [0.5, 0.6) is 0 Å². The first-order valence-corrected chi connectivity index (χ1v) is 9.13. The molecule has 0 fully saturated rings. The fourth-order valence-corrected chi connectivity index (χ4v) is 4.07. The van der Waals surface area contributed by atoms with Gasteiger partial charge < -0.3 is 4.98 Å². The van der Waals surface area contributed by atoms with Gasteiger partial charge in [-0.1, -0.05) is 25.6 Å². The Hall–Kier alpha value is -1.74. The normalized spacial score (nSPS) is 11.7. The molecule has 0 saturated carbocycles. The SMILES string of the molecule is Cc1sc2nc(CSc3nnnn3CC(C)C)[nH]c(=O)c2c1C. The van der Waals surface area contributed by atoms with Gasteiger partial charge in [-0.05, 0) is 35.8 Å². The van der Waals surface area contributed by atoms with Crippen molar-refractivity contribution in [3.05, 3.63) is 26.6 Å². The van der Waals surface area contributed by atoms with Crippen LogP contribution in [0.15, 0.2) is 9.95 Å². The van der Waals surface area contributed by atoms with Crippen LogP contribution in [0, 0.1) is 19.8 Å². The number of hydrogen-bond donors (Lipinski definition) is 1. The molecule has 3 aromatic heterocycles. The van der Waals surface area contributed by atoms with E-state index >= 15 is 0 Å². The van der Waals surface area contributed by atoms with Crippen LogP contribution in [0.1, 0.15) is 30.1 Å². The third kappa shape index (κ3) is 3.30. The highest BCUT2D eigenvalue weighted by Gasteiger charge is 2.13. The van der Waals surface area contributed by atoms with Crippen LogP contribution in [0.2, 0.25) is 0 Å². The van der Waals surface area contributed by atoms with E-state index in [2.05, 4.69) is 39.3 Å². The quantitative estimate of drug-likeness (QED) is 0.711. The standard InChI is InChI=1S/C14H18N6OS2/c1-7(2)5-20-14(17-18-19-20)22-6-10-15-12(21)11-8(3)9(4)23-13(11)16-10/h7H,5-6H2,1-4H3,(H,15,16,21). The Morgan fingerprint density at radius 3 is 2.87 bits per heavy atom. The fourth-order valence-electron chi connectivity index (χ4n) is 2.26. The van der Waals surface area contributed by atoms with Crippen molar-refractivity contribution in [1.82, 2.24) is 30.2 Å². The van der Waals surface area contributed by atoms with E-state index in [1.165, 1.54) is 11.8 Å². The van der Waals surface area contributed by atoms with Crippen molar-refractivity contribution < 1.29 is 0 Å². The van der Waals surface area contributed by atoms with Gasteiger partial charge in [-0.15, -0.1) is 16.4 Å². The van der Waals surface area contributed by atoms with E-state index in [1.807, 2.05) is 13.8 Å². The number of thiophene rings is 1. The monoisotopic (exact) mass is 350 g/mol. The van der Waals surface area contributed by atoms with Crippen molar-refractivity contribution in [3.63, 3.8) is 0 Å². The third-order valence-corrected chi connectivity index (χ3v) is 5.53. The summed E-state index contributed by atoms with van der Waals surface area (Å²) in [6.07, 6.45) is 0. The molecule has 23 heavy (non-hydrogen) atoms. The molecule has 0 bridgehead atoms. The molecule has 0 aliphatic rings. The zero-order valence-corrected chi connectivity index (χ0v) is 15.1. The van der Waals surface area contributed by atoms with E-state index in [4.69, 9.17) is 0 Å². The lowest BCUT2D eigenvalue weighted by atomic mass is 10.2. The molecule has 122 valence electrons. The number of aryl methyl sites for hydroxylation is 2. The number of aromatic amines is 1. The van der Waals surface area contributed by atoms with Crippen LogP contribution in [-0.2, 0) is 12.3 Å². The summed E-state index contributed by atoms with van der Waals surface area (Å²) < 4.78 is 1.78. The lowest BCUT2D eigenvalue weighted by Gasteiger charge is -2.06. The van der Waals surface area contributed by atoms with Gasteiger partial charge in [-0.3, -0.25) is 4.79 Å². The van der Waals surface area contributed by atoms with E-state index in [-0.39, 0.29) is 5.56 Å². The number of tetrazole rings is 1. The number of hydrogen-bond acceptors (Lipinski definition) is 7. The second kappa shape index (κ2) is 6.40. The average Bonchev–Trinajstić information content (AvgIpc) is 3.01. The molecule has 0 aromatic carbocycles. The summed E-state index contributed by atoms with van der Waals surface area (Å²) in [5.41, 5.74) is 0.938. The largest absolute Gasteiger partial charge is 0.309 e. The summed E-state index contributed by atoms with van der Waals surface area (Å²) in [4.78, 5) is 21.6. The molecule has 0 amide bonds. The molecule has 0 aliphatic heterocycles. The highest BCUT2D eigenvalue weighted by Crippen LogP contribution is 2.26. The zero-order chi connectivity index (χ0) is 16.6. The molecule has 0 atom stereocenters. The Balaban J connectivity index is 1.83. The van der Waals surface area contributed by atoms with Crippen LogP contribution < -0.4 is 5.56 Å². The number of aromatic nitrogens is 6. The summed E-state index contributed by atoms with van der Waals surface area (Å²) in [6.45, 7) is 8.96. The first-order valence-electron chi connectivity index (χ1n) is 7.33. The van der Waals surface area contributed by atoms with Crippen molar-refractivity contribution in [2.75, 3.05) is 0 Å². The number of fused-ring (bicyclic) bond motifs is 1. The predicted octanol–water partition coefficient (Wildman–Crippen LogP) is 2.54. The Labute approximate surface area is 141 Å². The number of nitrogens with zero attached hydrogens (tertiary/aromatic N) is 5. The third-order valence-electron chi connectivity index (χ3n) is 3.46. The van der Waals surface area contributed by atoms with Gasteiger partial charge in [0.2, 0.25) is 5.16 Å². The summed E-state index contributed by atoms with van der Waals surface area (Å²) in [6, 6.07) is 0. The minimum absolute atomic E-state index is 0.0748. The maximum Gasteiger partial charge on any atom is 0.259 e. The molecule has 0 radical (unpaired) electrons. The van der Waals surface area contributed by atoms with Crippen LogP contribution in [0.25, 0.3) is 10.2 Å². The van der Waals surface area contributed by atoms with E-state index in [0.717, 1.165) is 27.0 Å². The van der Waals surface area contributed by atoms with Crippen molar-refractivity contribution in [1.29, 1.82) is 0 Å². The number of H-pyrrole nitrogens is 1. The topological polar surface area (TPSA) is 89.3 Å². The minimum atomic E-state index is -0.0748. The Kier molecular flexibility index (Phi) is 4.49. The van der Waals surface area contributed by atoms with Gasteiger partial charge in [-0.25, -0.2) is 9.67 Å². The predicted molar refractivity (Wildman–Crippen MR) is 91.9 cm³/mol. The lowest BCUT2D eigenvalue weighted by molar-refractivity contribution is 0.445. The van der Waals surface area contributed by atoms with Crippen LogP contribution in [0.3, 0.4) is 0 Å². The molecule has 3 rings (SSSR count). The van der Waals surface area contributed by atoms with E-state index < -0.39 is 0 Å². The summed E-state index contributed by atoms with van der Waals surface area (Å²) in [7, 11) is 0. The second-order valence-electron chi connectivity index (χ2n) is 5.80. The highest BCUT2D eigenvalue weighted by atomic mass is 32.2. The van der Waals surface area contributed by atoms with Crippen LogP contribution in [0.4, 0.5) is 0 Å². The number of nitrogens with one attached hydrogen (secondary N) is 1. The van der Waals surface area contributed by atoms with Crippen molar-refractivity contribution in [2.24, 2.45) is 5.92 Å². The number of thioether (sulfide) groups is 1. The minimum Gasteiger partial charge on any atom is -0.309 e. The fraction of sp³-hybridized carbons (Fsp3) is 0.500. The van der Waals surface area contributed by atoms with Crippen molar-refractivity contribution in [3.8, 4) is 0 Å². The van der Waals surface area contributed by atoms with Gasteiger partial charge in [0, 0.05) is 11.4 Å². The first kappa shape index (κ1) is 16.1. The highest BCUT2D eigenvalue weighted by molar-refractivity contribution is 7.98. The Morgan fingerprint density at radius 2 is 2.13 bits per heavy atom. The van der Waals surface area contributed by atoms with Crippen molar-refractivity contribution in [2.45, 2.75) is 45.1 Å². The molecule has 7 nitrogen and oxygen atoms in total. The van der Waals surface area contributed by atoms with Crippen LogP contribution >= 0.6 is 23.1 Å². The molecular formula is C14H18N6OS2. The molecule has 0 aliphatic carbocycles. The van der Waals surface area contributed by atoms with Crippen molar-refractivity contribution >= 4 is 33.3 Å². The molecule has 0 spiro atoms. The van der Waals surface area contributed by atoms with E-state index in [1.54, 1.807) is 16.0 Å². The average molecular weight is 350 g/mol. The molecule has 1 N–H and O–H groups in total. The first-order chi connectivity index (χ1) is 11.0. The van der Waals surface area contributed by atoms with E-state index in [9.17, 15) is 4.79 Å². The molecular weight excluding hydrogens is 332 g/mol. The van der Waals surface area contributed by atoms with Gasteiger partial charge in [0.15, 0.2) is 0 Å². The van der Waals surface area contributed by atoms with Gasteiger partial charge in [0.1, 0.15) is 10.7 Å². The van der Waals surface area contributed by atoms with Gasteiger partial charge >= 0.3 is 0 Å². The van der Waals surface area contributed by atoms with Gasteiger partial charge in [0.05, 0.1) is 11.1 Å². The molecule has 0 unspecified atom stereocenters. The summed E-state index contributed by atoms with van der Waals surface area (Å²) in [5.74, 6) is 1.64. The Bertz CT molecular complexity index is 894. The molecule has 9 heteroatoms. The molecule has 3 heterocycles. The smallest absolute Gasteiger partial charge is 0.259 e. The molecule has 3 aromatic rings. The summed E-state index contributed by atoms with van der Waals surface area (Å²) in [5, 5.41) is 13.2. The Morgan fingerprint density at radius 1 is 1.35 bits per heavy atom. The van der Waals surface area contributed by atoms with E-state index in [0.29, 0.717) is 22.9 Å². The van der Waals surface area contributed by atoms with Crippen LogP contribution in [-0.4, -0.2) is 30.2 Å². The maximum atomic E-state index is 12.3. The lowest BCUT2D eigenvalue weighted by Crippen LogP contribution is -2.11. The summed E-state index contributed by atoms with van der Waals surface area (Å²) >= 11 is 3.03. The van der Waals surface area contributed by atoms with Gasteiger partial charge in [0.25, 0.3) is 5.56 Å². The van der Waals surface area contributed by atoms with Gasteiger partial charge in [-0.2, -0.15) is 0 Å². The number of rotatable bonds is 5.